The quantitative estimate of drug-likeness (QED) is 0.701. The van der Waals surface area contributed by atoms with E-state index in [1.54, 1.807) is 11.3 Å². The summed E-state index contributed by atoms with van der Waals surface area (Å²) in [6.07, 6.45) is 4.17. The molecular weight excluding hydrogens is 340 g/mol. The van der Waals surface area contributed by atoms with Gasteiger partial charge in [0.2, 0.25) is 0 Å². The molecule has 0 spiro atoms. The number of carbonyl (C=O) groups excluding carboxylic acids is 1. The van der Waals surface area contributed by atoms with Gasteiger partial charge in [-0.05, 0) is 54.9 Å². The molecule has 4 heteroatoms. The Balaban J connectivity index is 1.42. The maximum Gasteiger partial charge on any atom is 0.257 e. The van der Waals surface area contributed by atoms with Gasteiger partial charge in [0.05, 0.1) is 5.69 Å². The zero-order valence-electron chi connectivity index (χ0n) is 14.9. The summed E-state index contributed by atoms with van der Waals surface area (Å²) in [5.74, 6) is 0.624. The van der Waals surface area contributed by atoms with Crippen LogP contribution in [-0.2, 0) is 19.3 Å². The Hall–Kier alpha value is -2.46. The van der Waals surface area contributed by atoms with E-state index in [1.165, 1.54) is 28.1 Å². The Morgan fingerprint density at radius 2 is 1.85 bits per heavy atom. The summed E-state index contributed by atoms with van der Waals surface area (Å²) in [7, 11) is 0. The summed E-state index contributed by atoms with van der Waals surface area (Å²) < 4.78 is 0. The SMILES string of the molecule is CC1CCc2nc(NC(=O)c3ccc(Cc4ccccc4)cc3)sc2C1. The number of nitrogens with zero attached hydrogens (tertiary/aromatic N) is 1. The van der Waals surface area contributed by atoms with Crippen LogP contribution in [0.4, 0.5) is 5.13 Å². The molecule has 3 nitrogen and oxygen atoms in total. The molecule has 26 heavy (non-hydrogen) atoms. The van der Waals surface area contributed by atoms with Gasteiger partial charge < -0.3 is 0 Å². The lowest BCUT2D eigenvalue weighted by molar-refractivity contribution is 0.102. The average molecular weight is 362 g/mol. The summed E-state index contributed by atoms with van der Waals surface area (Å²) in [5.41, 5.74) is 4.31. The molecule has 132 valence electrons. The van der Waals surface area contributed by atoms with Crippen LogP contribution in [0, 0.1) is 5.92 Å². The van der Waals surface area contributed by atoms with Crippen LogP contribution in [0.2, 0.25) is 0 Å². The Kier molecular flexibility index (Phi) is 4.85. The minimum Gasteiger partial charge on any atom is -0.298 e. The third-order valence-electron chi connectivity index (χ3n) is 4.87. The molecule has 1 N–H and O–H groups in total. The number of fused-ring (bicyclic) bond motifs is 1. The maximum absolute atomic E-state index is 12.5. The summed E-state index contributed by atoms with van der Waals surface area (Å²) in [4.78, 5) is 18.5. The van der Waals surface area contributed by atoms with Gasteiger partial charge in [0.25, 0.3) is 5.91 Å². The van der Waals surface area contributed by atoms with Crippen LogP contribution in [0.3, 0.4) is 0 Å². The Bertz CT molecular complexity index is 900. The van der Waals surface area contributed by atoms with Crippen LogP contribution < -0.4 is 5.32 Å². The molecule has 1 atom stereocenters. The number of nitrogens with one attached hydrogen (secondary N) is 1. The van der Waals surface area contributed by atoms with E-state index in [2.05, 4.69) is 29.4 Å². The average Bonchev–Trinajstić information content (AvgIpc) is 3.04. The largest absolute Gasteiger partial charge is 0.298 e. The fourth-order valence-electron chi connectivity index (χ4n) is 3.37. The lowest BCUT2D eigenvalue weighted by Crippen LogP contribution is -2.12. The van der Waals surface area contributed by atoms with Crippen molar-refractivity contribution >= 4 is 22.4 Å². The Labute approximate surface area is 158 Å². The zero-order chi connectivity index (χ0) is 17.9. The summed E-state index contributed by atoms with van der Waals surface area (Å²) >= 11 is 1.62. The number of hydrogen-bond acceptors (Lipinski definition) is 3. The van der Waals surface area contributed by atoms with E-state index in [0.29, 0.717) is 11.5 Å². The fraction of sp³-hybridized carbons (Fsp3) is 0.273. The first-order chi connectivity index (χ1) is 12.7. The number of benzene rings is 2. The van der Waals surface area contributed by atoms with E-state index >= 15 is 0 Å². The second-order valence-electron chi connectivity index (χ2n) is 7.05. The van der Waals surface area contributed by atoms with Crippen molar-refractivity contribution in [2.45, 2.75) is 32.6 Å². The van der Waals surface area contributed by atoms with E-state index in [4.69, 9.17) is 0 Å². The van der Waals surface area contributed by atoms with E-state index in [0.717, 1.165) is 24.4 Å². The standard InChI is InChI=1S/C22H22N2OS/c1-15-7-12-19-20(13-15)26-22(23-19)24-21(25)18-10-8-17(9-11-18)14-16-5-3-2-4-6-16/h2-6,8-11,15H,7,12-14H2,1H3,(H,23,24,25). The van der Waals surface area contributed by atoms with Crippen LogP contribution >= 0.6 is 11.3 Å². The van der Waals surface area contributed by atoms with Crippen LogP contribution in [0.1, 0.15) is 45.4 Å². The third kappa shape index (κ3) is 3.86. The van der Waals surface area contributed by atoms with Gasteiger partial charge in [-0.15, -0.1) is 11.3 Å². The van der Waals surface area contributed by atoms with Crippen LogP contribution in [0.15, 0.2) is 54.6 Å². The lowest BCUT2D eigenvalue weighted by Gasteiger charge is -2.15. The molecule has 1 amide bonds. The first kappa shape index (κ1) is 17.0. The number of anilines is 1. The van der Waals surface area contributed by atoms with Crippen molar-refractivity contribution in [2.75, 3.05) is 5.32 Å². The van der Waals surface area contributed by atoms with Crippen molar-refractivity contribution in [2.24, 2.45) is 5.92 Å². The molecule has 0 aliphatic heterocycles. The number of rotatable bonds is 4. The summed E-state index contributed by atoms with van der Waals surface area (Å²) in [6, 6.07) is 18.2. The van der Waals surface area contributed by atoms with E-state index < -0.39 is 0 Å². The second kappa shape index (κ2) is 7.42. The number of thiazole rings is 1. The zero-order valence-corrected chi connectivity index (χ0v) is 15.7. The molecule has 3 aromatic rings. The molecule has 0 bridgehead atoms. The number of amides is 1. The molecule has 2 aromatic carbocycles. The van der Waals surface area contributed by atoms with Gasteiger partial charge in [0.1, 0.15) is 0 Å². The fourth-order valence-corrected chi connectivity index (χ4v) is 4.53. The van der Waals surface area contributed by atoms with Crippen LogP contribution in [-0.4, -0.2) is 10.9 Å². The van der Waals surface area contributed by atoms with Gasteiger partial charge in [-0.1, -0.05) is 49.4 Å². The van der Waals surface area contributed by atoms with Gasteiger partial charge in [-0.25, -0.2) is 4.98 Å². The van der Waals surface area contributed by atoms with Gasteiger partial charge in [0, 0.05) is 10.4 Å². The topological polar surface area (TPSA) is 42.0 Å². The minimum absolute atomic E-state index is 0.0876. The number of carbonyl (C=O) groups is 1. The van der Waals surface area contributed by atoms with Gasteiger partial charge in [-0.2, -0.15) is 0 Å². The molecular formula is C22H22N2OS. The molecule has 0 saturated carbocycles. The van der Waals surface area contributed by atoms with Crippen molar-refractivity contribution in [1.29, 1.82) is 0 Å². The van der Waals surface area contributed by atoms with E-state index in [1.807, 2.05) is 42.5 Å². The third-order valence-corrected chi connectivity index (χ3v) is 5.91. The number of hydrogen-bond donors (Lipinski definition) is 1. The number of aryl methyl sites for hydroxylation is 1. The highest BCUT2D eigenvalue weighted by Crippen LogP contribution is 2.32. The van der Waals surface area contributed by atoms with Crippen molar-refractivity contribution in [3.05, 3.63) is 81.9 Å². The molecule has 1 aromatic heterocycles. The van der Waals surface area contributed by atoms with E-state index in [9.17, 15) is 4.79 Å². The highest BCUT2D eigenvalue weighted by atomic mass is 32.1. The lowest BCUT2D eigenvalue weighted by atomic mass is 9.93. The van der Waals surface area contributed by atoms with Crippen molar-refractivity contribution < 1.29 is 4.79 Å². The highest BCUT2D eigenvalue weighted by molar-refractivity contribution is 7.15. The molecule has 0 saturated heterocycles. The smallest absolute Gasteiger partial charge is 0.257 e. The predicted octanol–water partition coefficient (Wildman–Crippen LogP) is 5.11. The molecule has 1 heterocycles. The van der Waals surface area contributed by atoms with Gasteiger partial charge in [0.15, 0.2) is 5.13 Å². The van der Waals surface area contributed by atoms with Crippen molar-refractivity contribution in [1.82, 2.24) is 4.98 Å². The van der Waals surface area contributed by atoms with Crippen LogP contribution in [0.5, 0.6) is 0 Å². The molecule has 1 aliphatic carbocycles. The summed E-state index contributed by atoms with van der Waals surface area (Å²) in [6.45, 7) is 2.28. The van der Waals surface area contributed by atoms with E-state index in [-0.39, 0.29) is 5.91 Å². The molecule has 0 radical (unpaired) electrons. The van der Waals surface area contributed by atoms with Gasteiger partial charge in [-0.3, -0.25) is 10.1 Å². The Morgan fingerprint density at radius 1 is 1.12 bits per heavy atom. The maximum atomic E-state index is 12.5. The Morgan fingerprint density at radius 3 is 2.62 bits per heavy atom. The van der Waals surface area contributed by atoms with Gasteiger partial charge >= 0.3 is 0 Å². The molecule has 0 fully saturated rings. The van der Waals surface area contributed by atoms with Crippen molar-refractivity contribution in [3.63, 3.8) is 0 Å². The monoisotopic (exact) mass is 362 g/mol. The molecule has 1 unspecified atom stereocenters. The summed E-state index contributed by atoms with van der Waals surface area (Å²) in [5, 5.41) is 3.69. The van der Waals surface area contributed by atoms with Crippen molar-refractivity contribution in [3.8, 4) is 0 Å². The predicted molar refractivity (Wildman–Crippen MR) is 107 cm³/mol. The normalized spacial score (nSPS) is 16.1. The molecule has 1 aliphatic rings. The minimum atomic E-state index is -0.0876. The first-order valence-corrected chi connectivity index (χ1v) is 9.92. The number of aromatic nitrogens is 1. The first-order valence-electron chi connectivity index (χ1n) is 9.10. The second-order valence-corrected chi connectivity index (χ2v) is 8.13. The molecule has 4 rings (SSSR count). The van der Waals surface area contributed by atoms with Crippen LogP contribution in [0.25, 0.3) is 0 Å². The highest BCUT2D eigenvalue weighted by Gasteiger charge is 2.20.